The lowest BCUT2D eigenvalue weighted by Crippen LogP contribution is -1.92. The highest BCUT2D eigenvalue weighted by Crippen LogP contribution is 2.28. The first kappa shape index (κ1) is 9.51. The second kappa shape index (κ2) is 3.43. The number of phenols is 1. The van der Waals surface area contributed by atoms with Crippen molar-refractivity contribution in [2.75, 3.05) is 0 Å². The Hall–Kier alpha value is -0.580. The van der Waals surface area contributed by atoms with Crippen LogP contribution in [0.2, 0.25) is 0 Å². The molecule has 0 radical (unpaired) electrons. The van der Waals surface area contributed by atoms with E-state index in [4.69, 9.17) is 0 Å². The summed E-state index contributed by atoms with van der Waals surface area (Å²) in [5.74, 6) is 0.277. The first-order chi connectivity index (χ1) is 5.57. The molecule has 0 saturated heterocycles. The summed E-state index contributed by atoms with van der Waals surface area (Å²) in [4.78, 5) is 10.6. The van der Waals surface area contributed by atoms with Crippen LogP contribution in [0.3, 0.4) is 0 Å². The van der Waals surface area contributed by atoms with Crippen molar-refractivity contribution in [2.24, 2.45) is 0 Å². The smallest absolute Gasteiger partial charge is 0.150 e. The van der Waals surface area contributed by atoms with Gasteiger partial charge in [-0.25, -0.2) is 0 Å². The molecule has 0 amide bonds. The van der Waals surface area contributed by atoms with Gasteiger partial charge in [-0.05, 0) is 53.6 Å². The van der Waals surface area contributed by atoms with Gasteiger partial charge in [-0.15, -0.1) is 0 Å². The highest BCUT2D eigenvalue weighted by molar-refractivity contribution is 14.1. The molecule has 1 N–H and O–H groups in total. The number of benzene rings is 1. The van der Waals surface area contributed by atoms with Gasteiger partial charge in [-0.2, -0.15) is 0 Å². The van der Waals surface area contributed by atoms with Crippen molar-refractivity contribution in [3.05, 3.63) is 26.3 Å². The minimum atomic E-state index is 0.277. The number of phenolic OH excluding ortho intramolecular Hbond substituents is 1. The van der Waals surface area contributed by atoms with Crippen molar-refractivity contribution in [1.82, 2.24) is 0 Å². The van der Waals surface area contributed by atoms with Gasteiger partial charge in [0.1, 0.15) is 12.0 Å². The number of hydrogen-bond donors (Lipinski definition) is 1. The standard InChI is InChI=1S/C9H9IO2/c1-5-3-7(4-11)6(2)8(10)9(5)12/h3-4,12H,1-2H3. The molecule has 1 aromatic rings. The number of carbonyl (C=O) groups excluding carboxylic acids is 1. The lowest BCUT2D eigenvalue weighted by Gasteiger charge is -2.06. The largest absolute Gasteiger partial charge is 0.507 e. The normalized spacial score (nSPS) is 9.92. The Morgan fingerprint density at radius 2 is 2.08 bits per heavy atom. The van der Waals surface area contributed by atoms with Crippen LogP contribution in [0, 0.1) is 17.4 Å². The molecular formula is C9H9IO2. The summed E-state index contributed by atoms with van der Waals surface area (Å²) in [6.07, 6.45) is 0.809. The van der Waals surface area contributed by atoms with E-state index in [9.17, 15) is 9.90 Å². The third-order valence-corrected chi connectivity index (χ3v) is 3.16. The van der Waals surface area contributed by atoms with Crippen LogP contribution < -0.4 is 0 Å². The molecule has 64 valence electrons. The fourth-order valence-corrected chi connectivity index (χ4v) is 1.75. The second-order valence-corrected chi connectivity index (χ2v) is 3.77. The van der Waals surface area contributed by atoms with Crippen LogP contribution >= 0.6 is 22.6 Å². The molecule has 0 aromatic heterocycles. The fourth-order valence-electron chi connectivity index (χ4n) is 1.01. The molecule has 1 aromatic carbocycles. The Morgan fingerprint density at radius 3 is 2.58 bits per heavy atom. The number of hydrogen-bond acceptors (Lipinski definition) is 2. The van der Waals surface area contributed by atoms with Crippen molar-refractivity contribution in [3.8, 4) is 5.75 Å². The zero-order valence-corrected chi connectivity index (χ0v) is 9.05. The summed E-state index contributed by atoms with van der Waals surface area (Å²) in [7, 11) is 0. The summed E-state index contributed by atoms with van der Waals surface area (Å²) >= 11 is 2.03. The molecular weight excluding hydrogens is 267 g/mol. The molecule has 0 unspecified atom stereocenters. The van der Waals surface area contributed by atoms with Crippen LogP contribution in [-0.4, -0.2) is 11.4 Å². The predicted molar refractivity (Wildman–Crippen MR) is 55.7 cm³/mol. The first-order valence-electron chi connectivity index (χ1n) is 3.51. The Kier molecular flexibility index (Phi) is 2.72. The topological polar surface area (TPSA) is 37.3 Å². The number of rotatable bonds is 1. The summed E-state index contributed by atoms with van der Waals surface area (Å²) in [6.45, 7) is 3.61. The van der Waals surface area contributed by atoms with Crippen LogP contribution in [0.1, 0.15) is 21.5 Å². The minimum Gasteiger partial charge on any atom is -0.507 e. The van der Waals surface area contributed by atoms with Gasteiger partial charge in [0.15, 0.2) is 0 Å². The van der Waals surface area contributed by atoms with Gasteiger partial charge in [0.05, 0.1) is 3.57 Å². The summed E-state index contributed by atoms with van der Waals surface area (Å²) in [5.41, 5.74) is 2.23. The summed E-state index contributed by atoms with van der Waals surface area (Å²) in [6, 6.07) is 1.69. The van der Waals surface area contributed by atoms with Gasteiger partial charge < -0.3 is 5.11 Å². The van der Waals surface area contributed by atoms with Crippen molar-refractivity contribution in [1.29, 1.82) is 0 Å². The van der Waals surface area contributed by atoms with Crippen LogP contribution in [0.25, 0.3) is 0 Å². The average molecular weight is 276 g/mol. The van der Waals surface area contributed by atoms with E-state index in [1.807, 2.05) is 29.5 Å². The number of aldehydes is 1. The highest BCUT2D eigenvalue weighted by atomic mass is 127. The first-order valence-corrected chi connectivity index (χ1v) is 4.59. The van der Waals surface area contributed by atoms with Gasteiger partial charge in [0.25, 0.3) is 0 Å². The van der Waals surface area contributed by atoms with E-state index in [2.05, 4.69) is 0 Å². The Morgan fingerprint density at radius 1 is 1.50 bits per heavy atom. The summed E-state index contributed by atoms with van der Waals surface area (Å²) < 4.78 is 0.759. The van der Waals surface area contributed by atoms with E-state index >= 15 is 0 Å². The van der Waals surface area contributed by atoms with E-state index in [1.165, 1.54) is 0 Å². The molecule has 2 nitrogen and oxygen atoms in total. The van der Waals surface area contributed by atoms with E-state index in [-0.39, 0.29) is 5.75 Å². The molecule has 0 aliphatic carbocycles. The highest BCUT2D eigenvalue weighted by Gasteiger charge is 2.08. The average Bonchev–Trinajstić information content (AvgIpc) is 2.08. The van der Waals surface area contributed by atoms with Gasteiger partial charge in [0.2, 0.25) is 0 Å². The van der Waals surface area contributed by atoms with Gasteiger partial charge in [-0.1, -0.05) is 0 Å². The fraction of sp³-hybridized carbons (Fsp3) is 0.222. The third-order valence-electron chi connectivity index (χ3n) is 1.84. The van der Waals surface area contributed by atoms with Gasteiger partial charge in [0, 0.05) is 5.56 Å². The number of aryl methyl sites for hydroxylation is 1. The third kappa shape index (κ3) is 1.46. The number of halogens is 1. The monoisotopic (exact) mass is 276 g/mol. The molecule has 0 saturated carbocycles. The maximum Gasteiger partial charge on any atom is 0.150 e. The zero-order valence-electron chi connectivity index (χ0n) is 6.89. The SMILES string of the molecule is Cc1cc(C=O)c(C)c(I)c1O. The molecule has 3 heteroatoms. The van der Waals surface area contributed by atoms with Crippen molar-refractivity contribution >= 4 is 28.9 Å². The predicted octanol–water partition coefficient (Wildman–Crippen LogP) is 2.43. The van der Waals surface area contributed by atoms with Crippen molar-refractivity contribution < 1.29 is 9.90 Å². The lowest BCUT2D eigenvalue weighted by atomic mass is 10.1. The zero-order chi connectivity index (χ0) is 9.30. The van der Waals surface area contributed by atoms with E-state index in [0.717, 1.165) is 21.0 Å². The molecule has 0 aliphatic rings. The maximum absolute atomic E-state index is 10.6. The minimum absolute atomic E-state index is 0.277. The van der Waals surface area contributed by atoms with Crippen LogP contribution in [-0.2, 0) is 0 Å². The number of aromatic hydroxyl groups is 1. The Bertz CT molecular complexity index is 332. The lowest BCUT2D eigenvalue weighted by molar-refractivity contribution is 0.112. The second-order valence-electron chi connectivity index (χ2n) is 2.69. The van der Waals surface area contributed by atoms with Crippen LogP contribution in [0.5, 0.6) is 5.75 Å². The molecule has 0 spiro atoms. The number of carbonyl (C=O) groups is 1. The van der Waals surface area contributed by atoms with Crippen LogP contribution in [0.4, 0.5) is 0 Å². The van der Waals surface area contributed by atoms with Gasteiger partial charge in [-0.3, -0.25) is 4.79 Å². The van der Waals surface area contributed by atoms with Crippen molar-refractivity contribution in [2.45, 2.75) is 13.8 Å². The van der Waals surface area contributed by atoms with E-state index in [1.54, 1.807) is 13.0 Å². The quantitative estimate of drug-likeness (QED) is 0.631. The molecule has 0 aliphatic heterocycles. The van der Waals surface area contributed by atoms with Gasteiger partial charge >= 0.3 is 0 Å². The summed E-state index contributed by atoms with van der Waals surface area (Å²) in [5, 5.41) is 9.48. The van der Waals surface area contributed by atoms with E-state index in [0.29, 0.717) is 5.56 Å². The van der Waals surface area contributed by atoms with E-state index < -0.39 is 0 Å². The van der Waals surface area contributed by atoms with Crippen LogP contribution in [0.15, 0.2) is 6.07 Å². The Labute approximate surface area is 84.7 Å². The Balaban J connectivity index is 3.49. The maximum atomic E-state index is 10.6. The molecule has 0 atom stereocenters. The molecule has 1 rings (SSSR count). The van der Waals surface area contributed by atoms with Crippen molar-refractivity contribution in [3.63, 3.8) is 0 Å². The molecule has 12 heavy (non-hydrogen) atoms. The molecule has 0 bridgehead atoms. The molecule has 0 fully saturated rings. The molecule has 0 heterocycles.